The van der Waals surface area contributed by atoms with Crippen LogP contribution in [0.1, 0.15) is 5.56 Å². The van der Waals surface area contributed by atoms with Crippen molar-refractivity contribution in [3.8, 4) is 23.0 Å². The topological polar surface area (TPSA) is 57.0 Å². The average molecular weight is 367 g/mol. The van der Waals surface area contributed by atoms with Gasteiger partial charge in [0.15, 0.2) is 0 Å². The molecule has 0 saturated carbocycles. The molecule has 0 unspecified atom stereocenters. The predicted octanol–water partition coefficient (Wildman–Crippen LogP) is 4.17. The Morgan fingerprint density at radius 2 is 1.79 bits per heavy atom. The quantitative estimate of drug-likeness (QED) is 0.427. The fourth-order valence-corrected chi connectivity index (χ4v) is 3.00. The Morgan fingerprint density at radius 1 is 1.04 bits per heavy atom. The largest absolute Gasteiger partial charge is 0.495 e. The number of hydrogen-bond acceptors (Lipinski definition) is 7. The molecule has 24 heavy (non-hydrogen) atoms. The number of thioether (sulfide) groups is 1. The molecule has 0 aliphatic heterocycles. The van der Waals surface area contributed by atoms with E-state index < -0.39 is 0 Å². The fraction of sp³-hybridized carbons (Fsp3) is 0.294. The smallest absolute Gasteiger partial charge is 0.140 e. The second kappa shape index (κ2) is 9.08. The molecule has 0 aromatic heterocycles. The molecule has 2 rings (SSSR count). The monoisotopic (exact) mass is 366 g/mol. The molecule has 0 bridgehead atoms. The van der Waals surface area contributed by atoms with Crippen molar-refractivity contribution in [3.63, 3.8) is 0 Å². The fourth-order valence-electron chi connectivity index (χ4n) is 2.23. The van der Waals surface area contributed by atoms with E-state index in [1.807, 2.05) is 56.7 Å². The predicted molar refractivity (Wildman–Crippen MR) is 101 cm³/mol. The Morgan fingerprint density at radius 3 is 2.42 bits per heavy atom. The van der Waals surface area contributed by atoms with E-state index in [-0.39, 0.29) is 0 Å². The summed E-state index contributed by atoms with van der Waals surface area (Å²) in [6.45, 7) is 0.724. The Hall–Kier alpha value is -1.54. The molecule has 0 amide bonds. The first-order chi connectivity index (χ1) is 11.6. The van der Waals surface area contributed by atoms with Gasteiger partial charge >= 0.3 is 0 Å². The highest BCUT2D eigenvalue weighted by Crippen LogP contribution is 2.35. The van der Waals surface area contributed by atoms with Crippen LogP contribution in [0, 0.1) is 0 Å². The number of ether oxygens (including phenoxy) is 2. The van der Waals surface area contributed by atoms with Crippen molar-refractivity contribution in [2.75, 3.05) is 27.5 Å². The van der Waals surface area contributed by atoms with E-state index in [0.29, 0.717) is 5.75 Å². The van der Waals surface area contributed by atoms with Crippen LogP contribution in [0.4, 0.5) is 0 Å². The lowest BCUT2D eigenvalue weighted by Crippen LogP contribution is -2.11. The minimum Gasteiger partial charge on any atom is -0.495 e. The van der Waals surface area contributed by atoms with Crippen LogP contribution >= 0.6 is 24.0 Å². The molecule has 0 fully saturated rings. The highest BCUT2D eigenvalue weighted by Gasteiger charge is 2.11. The first-order valence-corrected chi connectivity index (χ1v) is 9.31. The number of hydrogen-bond donors (Lipinski definition) is 1. The highest BCUT2D eigenvalue weighted by molar-refractivity contribution is 7.98. The van der Waals surface area contributed by atoms with E-state index in [0.717, 1.165) is 46.5 Å². The van der Waals surface area contributed by atoms with Crippen LogP contribution in [0.2, 0.25) is 0 Å². The van der Waals surface area contributed by atoms with Gasteiger partial charge in [0.1, 0.15) is 35.2 Å². The van der Waals surface area contributed by atoms with Gasteiger partial charge in [-0.1, -0.05) is 0 Å². The summed E-state index contributed by atoms with van der Waals surface area (Å²) < 4.78 is 16.8. The zero-order valence-corrected chi connectivity index (χ0v) is 15.9. The van der Waals surface area contributed by atoms with Crippen LogP contribution in [-0.4, -0.2) is 32.4 Å². The average Bonchev–Trinajstić information content (AvgIpc) is 2.56. The minimum atomic E-state index is 0.696. The minimum absolute atomic E-state index is 0.696. The van der Waals surface area contributed by atoms with Crippen LogP contribution in [0.15, 0.2) is 41.3 Å². The van der Waals surface area contributed by atoms with Gasteiger partial charge in [0.25, 0.3) is 0 Å². The molecule has 0 radical (unpaired) electrons. The van der Waals surface area contributed by atoms with Gasteiger partial charge in [0, 0.05) is 23.1 Å². The van der Waals surface area contributed by atoms with E-state index >= 15 is 0 Å². The number of benzene rings is 2. The summed E-state index contributed by atoms with van der Waals surface area (Å²) in [5.74, 6) is 3.00. The standard InChI is InChI=1S/C17H22N2O3S2/c1-19(2)11-12-9-14(22-24-18)5-7-15(12)21-13-6-8-17(23-4)16(10-13)20-3/h5-10H,11,18H2,1-4H3. The van der Waals surface area contributed by atoms with Crippen LogP contribution < -0.4 is 18.8 Å². The molecular formula is C17H22N2O3S2. The summed E-state index contributed by atoms with van der Waals surface area (Å²) in [7, 11) is 5.67. The van der Waals surface area contributed by atoms with Crippen LogP contribution in [0.5, 0.6) is 23.0 Å². The maximum absolute atomic E-state index is 6.08. The van der Waals surface area contributed by atoms with Crippen molar-refractivity contribution in [2.24, 2.45) is 5.14 Å². The van der Waals surface area contributed by atoms with Crippen molar-refractivity contribution < 1.29 is 13.7 Å². The van der Waals surface area contributed by atoms with Crippen molar-refractivity contribution >= 4 is 24.0 Å². The van der Waals surface area contributed by atoms with E-state index in [4.69, 9.17) is 18.8 Å². The SMILES string of the molecule is COc1cc(Oc2ccc(OSN)cc2CN(C)C)ccc1SC. The third-order valence-corrected chi connectivity index (χ3v) is 4.31. The van der Waals surface area contributed by atoms with Gasteiger partial charge < -0.3 is 18.6 Å². The van der Waals surface area contributed by atoms with Crippen LogP contribution in [-0.2, 0) is 6.54 Å². The van der Waals surface area contributed by atoms with Gasteiger partial charge in [-0.2, -0.15) is 0 Å². The summed E-state index contributed by atoms with van der Waals surface area (Å²) in [6, 6.07) is 11.5. The molecule has 130 valence electrons. The maximum atomic E-state index is 6.08. The third-order valence-electron chi connectivity index (χ3n) is 3.25. The molecule has 2 aromatic rings. The van der Waals surface area contributed by atoms with Crippen LogP contribution in [0.25, 0.3) is 0 Å². The lowest BCUT2D eigenvalue weighted by atomic mass is 10.2. The zero-order chi connectivity index (χ0) is 17.5. The van der Waals surface area contributed by atoms with Crippen molar-refractivity contribution in [1.82, 2.24) is 4.90 Å². The second-order valence-electron chi connectivity index (χ2n) is 5.31. The van der Waals surface area contributed by atoms with E-state index in [1.54, 1.807) is 18.9 Å². The van der Waals surface area contributed by atoms with Gasteiger partial charge in [0.05, 0.1) is 7.11 Å². The molecule has 0 aliphatic rings. The van der Waals surface area contributed by atoms with E-state index in [2.05, 4.69) is 4.90 Å². The lowest BCUT2D eigenvalue weighted by molar-refractivity contribution is 0.384. The van der Waals surface area contributed by atoms with Crippen molar-refractivity contribution in [2.45, 2.75) is 11.4 Å². The summed E-state index contributed by atoms with van der Waals surface area (Å²) in [4.78, 5) is 3.14. The first-order valence-electron chi connectivity index (χ1n) is 7.28. The van der Waals surface area contributed by atoms with E-state index in [1.165, 1.54) is 0 Å². The number of rotatable bonds is 8. The van der Waals surface area contributed by atoms with Crippen LogP contribution in [0.3, 0.4) is 0 Å². The molecule has 7 heteroatoms. The second-order valence-corrected chi connectivity index (χ2v) is 6.51. The van der Waals surface area contributed by atoms with Crippen molar-refractivity contribution in [1.29, 1.82) is 0 Å². The van der Waals surface area contributed by atoms with Crippen molar-refractivity contribution in [3.05, 3.63) is 42.0 Å². The molecular weight excluding hydrogens is 344 g/mol. The molecule has 0 aliphatic carbocycles. The Kier molecular flexibility index (Phi) is 7.11. The normalized spacial score (nSPS) is 10.8. The number of methoxy groups -OCH3 is 1. The van der Waals surface area contributed by atoms with Gasteiger partial charge in [-0.05, 0) is 50.7 Å². The first kappa shape index (κ1) is 18.8. The summed E-state index contributed by atoms with van der Waals surface area (Å²) >= 11 is 2.46. The molecule has 0 atom stereocenters. The molecule has 2 aromatic carbocycles. The van der Waals surface area contributed by atoms with Gasteiger partial charge in [-0.15, -0.1) is 11.8 Å². The Bertz CT molecular complexity index is 681. The number of nitrogens with zero attached hydrogens (tertiary/aromatic N) is 1. The summed E-state index contributed by atoms with van der Waals surface area (Å²) in [5.41, 5.74) is 1.01. The van der Waals surface area contributed by atoms with Gasteiger partial charge in [0.2, 0.25) is 0 Å². The van der Waals surface area contributed by atoms with Gasteiger partial charge in [-0.3, -0.25) is 0 Å². The molecule has 5 nitrogen and oxygen atoms in total. The highest BCUT2D eigenvalue weighted by atomic mass is 32.2. The molecule has 0 heterocycles. The van der Waals surface area contributed by atoms with E-state index in [9.17, 15) is 0 Å². The summed E-state index contributed by atoms with van der Waals surface area (Å²) in [5, 5.41) is 5.37. The van der Waals surface area contributed by atoms with Gasteiger partial charge in [-0.25, -0.2) is 5.14 Å². The Labute approximate surface area is 151 Å². The molecule has 2 N–H and O–H groups in total. The zero-order valence-electron chi connectivity index (χ0n) is 14.2. The molecule has 0 spiro atoms. The Balaban J connectivity index is 2.30. The molecule has 0 saturated heterocycles. The third kappa shape index (κ3) is 4.98. The maximum Gasteiger partial charge on any atom is 0.140 e. The lowest BCUT2D eigenvalue weighted by Gasteiger charge is -2.16. The summed E-state index contributed by atoms with van der Waals surface area (Å²) in [6.07, 6.45) is 2.02. The number of nitrogens with two attached hydrogens (primary N) is 1.